The second-order valence-corrected chi connectivity index (χ2v) is 6.43. The van der Waals surface area contributed by atoms with E-state index in [9.17, 15) is 13.2 Å². The molecule has 0 fully saturated rings. The van der Waals surface area contributed by atoms with E-state index in [1.807, 2.05) is 37.3 Å². The lowest BCUT2D eigenvalue weighted by molar-refractivity contribution is -0.122. The molecule has 2 aromatic carbocycles. The van der Waals surface area contributed by atoms with Crippen LogP contribution in [0.3, 0.4) is 0 Å². The summed E-state index contributed by atoms with van der Waals surface area (Å²) in [6, 6.07) is 15.7. The molecule has 7 heteroatoms. The molecule has 0 unspecified atom stereocenters. The zero-order valence-electron chi connectivity index (χ0n) is 13.4. The summed E-state index contributed by atoms with van der Waals surface area (Å²) in [5.74, 6) is -0.0732. The highest BCUT2D eigenvalue weighted by Crippen LogP contribution is 2.08. The lowest BCUT2D eigenvalue weighted by Crippen LogP contribution is -2.18. The van der Waals surface area contributed by atoms with Crippen molar-refractivity contribution in [2.24, 2.45) is 5.73 Å². The van der Waals surface area contributed by atoms with E-state index in [2.05, 4.69) is 0 Å². The van der Waals surface area contributed by atoms with Gasteiger partial charge in [-0.3, -0.25) is 9.35 Å². The summed E-state index contributed by atoms with van der Waals surface area (Å²) in [5.41, 5.74) is 7.14. The number of hydrogen-bond donors (Lipinski definition) is 2. The van der Waals surface area contributed by atoms with Gasteiger partial charge in [-0.1, -0.05) is 48.0 Å². The molecule has 0 heterocycles. The Balaban J connectivity index is 0.000000243. The van der Waals surface area contributed by atoms with E-state index in [0.29, 0.717) is 6.61 Å². The molecule has 2 rings (SSSR count). The van der Waals surface area contributed by atoms with Crippen molar-refractivity contribution in [2.75, 3.05) is 13.2 Å². The number of carbonyl (C=O) groups excluding carboxylic acids is 1. The number of hydrogen-bond acceptors (Lipinski definition) is 5. The minimum absolute atomic E-state index is 0.0504. The average molecular weight is 351 g/mol. The van der Waals surface area contributed by atoms with E-state index >= 15 is 0 Å². The number of carbonyl (C=O) groups is 1. The van der Waals surface area contributed by atoms with Crippen molar-refractivity contribution < 1.29 is 22.5 Å². The molecule has 0 amide bonds. The number of rotatable bonds is 6. The number of ether oxygens (including phenoxy) is 1. The Morgan fingerprint density at radius 3 is 2.17 bits per heavy atom. The summed E-state index contributed by atoms with van der Waals surface area (Å²) in [7, 11) is -4.02. The molecule has 0 radical (unpaired) electrons. The van der Waals surface area contributed by atoms with Crippen LogP contribution in [0.15, 0.2) is 59.5 Å². The summed E-state index contributed by atoms with van der Waals surface area (Å²) in [6.07, 6.45) is 0. The third kappa shape index (κ3) is 7.98. The van der Waals surface area contributed by atoms with Crippen LogP contribution in [0.25, 0.3) is 0 Å². The van der Waals surface area contributed by atoms with Crippen molar-refractivity contribution in [3.05, 3.63) is 65.7 Å². The molecular weight excluding hydrogens is 330 g/mol. The van der Waals surface area contributed by atoms with Gasteiger partial charge in [-0.15, -0.1) is 0 Å². The second-order valence-electron chi connectivity index (χ2n) is 5.01. The van der Waals surface area contributed by atoms with E-state index in [1.165, 1.54) is 12.1 Å². The van der Waals surface area contributed by atoms with Gasteiger partial charge >= 0.3 is 0 Å². The van der Waals surface area contributed by atoms with E-state index in [1.54, 1.807) is 12.1 Å². The van der Waals surface area contributed by atoms with Gasteiger partial charge in [-0.25, -0.2) is 0 Å². The number of Topliss-reactive ketones (excluding diaryl/α,β-unsaturated/α-hetero) is 1. The van der Waals surface area contributed by atoms with Crippen LogP contribution in [0.4, 0.5) is 0 Å². The molecule has 0 saturated carbocycles. The van der Waals surface area contributed by atoms with Gasteiger partial charge < -0.3 is 10.5 Å². The standard InChI is InChI=1S/C10H13NO2.C7H8O3S/c11-6-10(12)8-13-7-9-4-2-1-3-5-9;1-6-2-4-7(5-3-6)11(8,9)10/h1-5H,6-8,11H2;2-5H,1H3,(H,8,9,10). The Morgan fingerprint density at radius 1 is 1.08 bits per heavy atom. The average Bonchev–Trinajstić information content (AvgIpc) is 2.56. The van der Waals surface area contributed by atoms with Crippen molar-refractivity contribution in [1.29, 1.82) is 0 Å². The Kier molecular flexibility index (Phi) is 8.28. The maximum Gasteiger partial charge on any atom is 0.294 e. The topological polar surface area (TPSA) is 107 Å². The predicted octanol–water partition coefficient (Wildman–Crippen LogP) is 1.97. The molecule has 0 aliphatic heterocycles. The Labute approximate surface area is 142 Å². The van der Waals surface area contributed by atoms with Crippen LogP contribution in [0.5, 0.6) is 0 Å². The van der Waals surface area contributed by atoms with Gasteiger partial charge in [0.05, 0.1) is 18.0 Å². The minimum Gasteiger partial charge on any atom is -0.369 e. The molecule has 24 heavy (non-hydrogen) atoms. The largest absolute Gasteiger partial charge is 0.369 e. The molecule has 0 atom stereocenters. The molecule has 0 saturated heterocycles. The first-order chi connectivity index (χ1) is 11.3. The predicted molar refractivity (Wildman–Crippen MR) is 91.2 cm³/mol. The fourth-order valence-corrected chi connectivity index (χ4v) is 2.11. The third-order valence-electron chi connectivity index (χ3n) is 2.92. The van der Waals surface area contributed by atoms with Crippen LogP contribution in [-0.4, -0.2) is 31.9 Å². The van der Waals surface area contributed by atoms with Crippen molar-refractivity contribution in [3.63, 3.8) is 0 Å². The molecule has 3 N–H and O–H groups in total. The molecule has 0 aliphatic carbocycles. The number of aryl methyl sites for hydroxylation is 1. The smallest absolute Gasteiger partial charge is 0.294 e. The van der Waals surface area contributed by atoms with Gasteiger partial charge in [0.15, 0.2) is 5.78 Å². The Morgan fingerprint density at radius 2 is 1.67 bits per heavy atom. The summed E-state index contributed by atoms with van der Waals surface area (Å²) in [5, 5.41) is 0. The monoisotopic (exact) mass is 351 g/mol. The molecule has 0 aromatic heterocycles. The van der Waals surface area contributed by atoms with Crippen LogP contribution in [0.2, 0.25) is 0 Å². The highest BCUT2D eigenvalue weighted by Gasteiger charge is 2.06. The fourth-order valence-electron chi connectivity index (χ4n) is 1.63. The van der Waals surface area contributed by atoms with Crippen molar-refractivity contribution in [2.45, 2.75) is 18.4 Å². The fraction of sp³-hybridized carbons (Fsp3) is 0.235. The van der Waals surface area contributed by atoms with Gasteiger partial charge in [0.1, 0.15) is 6.61 Å². The van der Waals surface area contributed by atoms with E-state index in [0.717, 1.165) is 11.1 Å². The Hall–Kier alpha value is -2.06. The second kappa shape index (κ2) is 9.94. The summed E-state index contributed by atoms with van der Waals surface area (Å²) >= 11 is 0. The number of ketones is 1. The van der Waals surface area contributed by atoms with Crippen molar-refractivity contribution in [1.82, 2.24) is 0 Å². The van der Waals surface area contributed by atoms with Gasteiger partial charge in [0.25, 0.3) is 10.1 Å². The van der Waals surface area contributed by atoms with Gasteiger partial charge in [0, 0.05) is 0 Å². The third-order valence-corrected chi connectivity index (χ3v) is 3.79. The zero-order valence-corrected chi connectivity index (χ0v) is 14.2. The van der Waals surface area contributed by atoms with Crippen LogP contribution in [0, 0.1) is 6.92 Å². The summed E-state index contributed by atoms with van der Waals surface area (Å²) < 4.78 is 34.7. The van der Waals surface area contributed by atoms with Crippen LogP contribution in [-0.2, 0) is 26.3 Å². The van der Waals surface area contributed by atoms with Gasteiger partial charge in [-0.05, 0) is 24.6 Å². The van der Waals surface area contributed by atoms with Crippen LogP contribution < -0.4 is 5.73 Å². The molecule has 0 aliphatic rings. The summed E-state index contributed by atoms with van der Waals surface area (Å²) in [4.78, 5) is 10.7. The minimum atomic E-state index is -4.02. The molecule has 130 valence electrons. The zero-order chi connectivity index (χ0) is 18.0. The summed E-state index contributed by atoms with van der Waals surface area (Å²) in [6.45, 7) is 2.46. The van der Waals surface area contributed by atoms with E-state index in [4.69, 9.17) is 15.0 Å². The van der Waals surface area contributed by atoms with Crippen LogP contribution >= 0.6 is 0 Å². The number of nitrogens with two attached hydrogens (primary N) is 1. The lowest BCUT2D eigenvalue weighted by Gasteiger charge is -2.01. The molecular formula is C17H21NO5S. The van der Waals surface area contributed by atoms with Gasteiger partial charge in [-0.2, -0.15) is 8.42 Å². The first-order valence-corrected chi connectivity index (χ1v) is 8.64. The molecule has 0 bridgehead atoms. The lowest BCUT2D eigenvalue weighted by atomic mass is 10.2. The van der Waals surface area contributed by atoms with Crippen molar-refractivity contribution >= 4 is 15.9 Å². The first-order valence-electron chi connectivity index (χ1n) is 7.20. The maximum atomic E-state index is 10.8. The molecule has 2 aromatic rings. The molecule has 0 spiro atoms. The van der Waals surface area contributed by atoms with Crippen LogP contribution in [0.1, 0.15) is 11.1 Å². The maximum absolute atomic E-state index is 10.8. The highest BCUT2D eigenvalue weighted by molar-refractivity contribution is 7.85. The van der Waals surface area contributed by atoms with Gasteiger partial charge in [0.2, 0.25) is 0 Å². The van der Waals surface area contributed by atoms with E-state index < -0.39 is 10.1 Å². The normalized spacial score (nSPS) is 10.6. The first kappa shape index (κ1) is 20.0. The van der Waals surface area contributed by atoms with E-state index in [-0.39, 0.29) is 23.8 Å². The highest BCUT2D eigenvalue weighted by atomic mass is 32.2. The SMILES string of the molecule is Cc1ccc(S(=O)(=O)O)cc1.NCC(=O)COCc1ccccc1. The Bertz CT molecular complexity index is 727. The van der Waals surface area contributed by atoms with Crippen molar-refractivity contribution in [3.8, 4) is 0 Å². The molecule has 6 nitrogen and oxygen atoms in total. The quantitative estimate of drug-likeness (QED) is 0.771. The number of benzene rings is 2.